The molecule has 3 aromatic rings. The Balaban J connectivity index is 1.54. The fraction of sp³-hybridized carbons (Fsp3) is 0.400. The van der Waals surface area contributed by atoms with E-state index < -0.39 is 49.9 Å². The van der Waals surface area contributed by atoms with Crippen LogP contribution < -0.4 is 5.32 Å². The number of alkyl halides is 1. The van der Waals surface area contributed by atoms with Gasteiger partial charge in [0.2, 0.25) is 5.28 Å². The molecule has 1 unspecified atom stereocenters. The Hall–Kier alpha value is -2.90. The number of imidazole rings is 1. The van der Waals surface area contributed by atoms with E-state index in [9.17, 15) is 14.3 Å². The molecule has 176 valence electrons. The second-order valence-corrected chi connectivity index (χ2v) is 7.69. The molecule has 1 aromatic carbocycles. The van der Waals surface area contributed by atoms with Crippen LogP contribution in [0.3, 0.4) is 0 Å². The Morgan fingerprint density at radius 2 is 2.09 bits per heavy atom. The van der Waals surface area contributed by atoms with Crippen LogP contribution in [0.15, 0.2) is 36.7 Å². The van der Waals surface area contributed by atoms with Crippen LogP contribution in [0.5, 0.6) is 0 Å². The molecule has 4 N–H and O–H groups in total. The molecule has 1 aliphatic heterocycles. The smallest absolute Gasteiger partial charge is 0.335 e. The molecule has 2 aromatic heterocycles. The summed E-state index contributed by atoms with van der Waals surface area (Å²) in [5.74, 6) is -1.05. The van der Waals surface area contributed by atoms with E-state index in [1.807, 2.05) is 30.3 Å². The molecular weight excluding hydrogens is 461 g/mol. The Morgan fingerprint density at radius 3 is 2.79 bits per heavy atom. The summed E-state index contributed by atoms with van der Waals surface area (Å²) in [6.45, 7) is -0.779. The predicted octanol–water partition coefficient (Wildman–Crippen LogP) is 1.15. The molecule has 0 saturated carbocycles. The number of aromatic nitrogens is 4. The van der Waals surface area contributed by atoms with Gasteiger partial charge >= 0.3 is 5.97 Å². The largest absolute Gasteiger partial charge is 0.479 e. The van der Waals surface area contributed by atoms with Crippen molar-refractivity contribution in [3.8, 4) is 0 Å². The van der Waals surface area contributed by atoms with Crippen LogP contribution >= 0.6 is 11.6 Å². The average Bonchev–Trinajstić information content (AvgIpc) is 3.34. The van der Waals surface area contributed by atoms with E-state index in [0.29, 0.717) is 17.9 Å². The predicted molar refractivity (Wildman–Crippen MR) is 113 cm³/mol. The zero-order valence-electron chi connectivity index (χ0n) is 17.1. The summed E-state index contributed by atoms with van der Waals surface area (Å²) in [7, 11) is 0. The molecule has 33 heavy (non-hydrogen) atoms. The van der Waals surface area contributed by atoms with Gasteiger partial charge in [0.15, 0.2) is 35.5 Å². The van der Waals surface area contributed by atoms with Gasteiger partial charge in [-0.15, -0.1) is 0 Å². The van der Waals surface area contributed by atoms with Crippen molar-refractivity contribution in [3.05, 3.63) is 47.5 Å². The van der Waals surface area contributed by atoms with Gasteiger partial charge < -0.3 is 30.1 Å². The maximum atomic E-state index is 14.9. The first kappa shape index (κ1) is 23.3. The molecule has 1 aliphatic rings. The summed E-state index contributed by atoms with van der Waals surface area (Å²) < 4.78 is 26.8. The fourth-order valence-electron chi connectivity index (χ4n) is 3.46. The Labute approximate surface area is 191 Å². The summed E-state index contributed by atoms with van der Waals surface area (Å²) in [5, 5.41) is 31.3. The van der Waals surface area contributed by atoms with Gasteiger partial charge in [0.25, 0.3) is 0 Å². The number of ether oxygens (including phenoxy) is 2. The first-order chi connectivity index (χ1) is 15.9. The summed E-state index contributed by atoms with van der Waals surface area (Å²) in [6, 6.07) is 9.57. The number of nitrogens with zero attached hydrogens (tertiary/aromatic N) is 4. The second kappa shape index (κ2) is 9.93. The van der Waals surface area contributed by atoms with Gasteiger partial charge in [-0.3, -0.25) is 4.57 Å². The van der Waals surface area contributed by atoms with Crippen molar-refractivity contribution in [1.29, 1.82) is 0 Å². The van der Waals surface area contributed by atoms with Crippen molar-refractivity contribution in [2.24, 2.45) is 0 Å². The lowest BCUT2D eigenvalue weighted by atomic mass is 10.1. The number of carbonyl (C=O) groups is 1. The maximum Gasteiger partial charge on any atom is 0.335 e. The molecule has 5 atom stereocenters. The number of carboxylic acids is 1. The third-order valence-electron chi connectivity index (χ3n) is 5.17. The molecule has 3 heterocycles. The average molecular weight is 482 g/mol. The minimum atomic E-state index is -1.89. The Kier molecular flexibility index (Phi) is 7.00. The minimum absolute atomic E-state index is 0.0964. The fourth-order valence-corrected chi connectivity index (χ4v) is 3.62. The normalized spacial score (nSPS) is 23.6. The monoisotopic (exact) mass is 481 g/mol. The van der Waals surface area contributed by atoms with Crippen LogP contribution in [0.25, 0.3) is 11.2 Å². The van der Waals surface area contributed by atoms with Crippen molar-refractivity contribution in [2.45, 2.75) is 37.3 Å². The SMILES string of the molecule is O=C(O)C(CO)OC[C@H]1O[C@@H](n2cnc3c(NCc4ccccc4)nc(Cl)nc32)[C@@H](F)[C@@H]1O. The van der Waals surface area contributed by atoms with Crippen LogP contribution in [0.2, 0.25) is 5.28 Å². The van der Waals surface area contributed by atoms with Gasteiger partial charge in [0.05, 0.1) is 19.5 Å². The van der Waals surface area contributed by atoms with Crippen molar-refractivity contribution in [1.82, 2.24) is 19.5 Å². The van der Waals surface area contributed by atoms with Crippen LogP contribution in [-0.4, -0.2) is 78.5 Å². The van der Waals surface area contributed by atoms with Crippen LogP contribution in [0, 0.1) is 0 Å². The molecule has 0 spiro atoms. The highest BCUT2D eigenvalue weighted by Crippen LogP contribution is 2.35. The van der Waals surface area contributed by atoms with Crippen molar-refractivity contribution in [2.75, 3.05) is 18.5 Å². The molecule has 4 rings (SSSR count). The number of rotatable bonds is 9. The third-order valence-corrected chi connectivity index (χ3v) is 5.34. The number of aliphatic hydroxyl groups is 2. The van der Waals surface area contributed by atoms with E-state index in [-0.39, 0.29) is 10.9 Å². The first-order valence-electron chi connectivity index (χ1n) is 9.99. The number of hydrogen-bond acceptors (Lipinski definition) is 9. The quantitative estimate of drug-likeness (QED) is 0.327. The summed E-state index contributed by atoms with van der Waals surface area (Å²) in [5.41, 5.74) is 1.51. The number of anilines is 1. The van der Waals surface area contributed by atoms with Gasteiger partial charge in [0.1, 0.15) is 12.2 Å². The molecule has 0 bridgehead atoms. The zero-order chi connectivity index (χ0) is 23.5. The van der Waals surface area contributed by atoms with E-state index in [1.165, 1.54) is 10.9 Å². The number of benzene rings is 1. The first-order valence-corrected chi connectivity index (χ1v) is 10.4. The van der Waals surface area contributed by atoms with Gasteiger partial charge in [-0.05, 0) is 17.2 Å². The molecule has 1 fully saturated rings. The number of nitrogens with one attached hydrogen (secondary N) is 1. The topological polar surface area (TPSA) is 152 Å². The van der Waals surface area contributed by atoms with E-state index in [2.05, 4.69) is 20.3 Å². The second-order valence-electron chi connectivity index (χ2n) is 7.35. The van der Waals surface area contributed by atoms with Crippen LogP contribution in [0.1, 0.15) is 11.8 Å². The van der Waals surface area contributed by atoms with Gasteiger partial charge in [-0.1, -0.05) is 30.3 Å². The number of fused-ring (bicyclic) bond motifs is 1. The number of aliphatic hydroxyl groups excluding tert-OH is 2. The van der Waals surface area contributed by atoms with Gasteiger partial charge in [0, 0.05) is 6.54 Å². The lowest BCUT2D eigenvalue weighted by Gasteiger charge is -2.17. The number of carboxylic acid groups (broad SMARTS) is 1. The highest BCUT2D eigenvalue weighted by Gasteiger charge is 2.46. The number of aliphatic carboxylic acids is 1. The molecule has 13 heteroatoms. The van der Waals surface area contributed by atoms with Gasteiger partial charge in [-0.25, -0.2) is 14.2 Å². The van der Waals surface area contributed by atoms with E-state index in [1.54, 1.807) is 0 Å². The summed E-state index contributed by atoms with van der Waals surface area (Å²) >= 11 is 6.08. The number of hydrogen-bond donors (Lipinski definition) is 4. The maximum absolute atomic E-state index is 14.9. The van der Waals surface area contributed by atoms with E-state index >= 15 is 0 Å². The van der Waals surface area contributed by atoms with Crippen LogP contribution in [0.4, 0.5) is 10.2 Å². The molecule has 0 aliphatic carbocycles. The Morgan fingerprint density at radius 1 is 1.33 bits per heavy atom. The van der Waals surface area contributed by atoms with Gasteiger partial charge in [-0.2, -0.15) is 9.97 Å². The lowest BCUT2D eigenvalue weighted by molar-refractivity contribution is -0.157. The van der Waals surface area contributed by atoms with Crippen molar-refractivity contribution in [3.63, 3.8) is 0 Å². The van der Waals surface area contributed by atoms with E-state index in [0.717, 1.165) is 5.56 Å². The number of halogens is 2. The van der Waals surface area contributed by atoms with Crippen molar-refractivity contribution >= 4 is 34.6 Å². The van der Waals surface area contributed by atoms with Crippen molar-refractivity contribution < 1.29 is 34.0 Å². The highest BCUT2D eigenvalue weighted by atomic mass is 35.5. The molecule has 0 radical (unpaired) electrons. The Bertz CT molecular complexity index is 1120. The zero-order valence-corrected chi connectivity index (χ0v) is 17.8. The molecule has 11 nitrogen and oxygen atoms in total. The third kappa shape index (κ3) is 4.89. The summed E-state index contributed by atoms with van der Waals surface area (Å²) in [6.07, 6.45) is -6.20. The van der Waals surface area contributed by atoms with E-state index in [4.69, 9.17) is 31.3 Å². The lowest BCUT2D eigenvalue weighted by Crippen LogP contribution is -2.36. The highest BCUT2D eigenvalue weighted by molar-refractivity contribution is 6.28. The molecule has 1 saturated heterocycles. The molecular formula is C20H21ClFN5O6. The minimum Gasteiger partial charge on any atom is -0.479 e. The molecule has 0 amide bonds. The van der Waals surface area contributed by atoms with Crippen LogP contribution in [-0.2, 0) is 20.8 Å². The standard InChI is InChI=1S/C20H21ClFN5O6/c21-20-25-16(23-6-10-4-2-1-3-5-10)14-17(26-20)27(9-24-14)18-13(22)15(29)12(33-18)8-32-11(7-28)19(30)31/h1-5,9,11-13,15,18,28-29H,6-8H2,(H,30,31)(H,23,25,26)/t11?,12-,13+,15-,18-/m1/s1. The summed E-state index contributed by atoms with van der Waals surface area (Å²) in [4.78, 5) is 23.5.